The highest BCUT2D eigenvalue weighted by molar-refractivity contribution is 7.89. The predicted octanol–water partition coefficient (Wildman–Crippen LogP) is 2.15. The molecule has 21 heavy (non-hydrogen) atoms. The minimum atomic E-state index is -3.94. The van der Waals surface area contributed by atoms with Crippen LogP contribution in [0.4, 0.5) is 4.39 Å². The van der Waals surface area contributed by atoms with Gasteiger partial charge >= 0.3 is 5.97 Å². The number of benzene rings is 1. The second-order valence-electron chi connectivity index (χ2n) is 5.29. The van der Waals surface area contributed by atoms with E-state index in [1.54, 1.807) is 0 Å². The summed E-state index contributed by atoms with van der Waals surface area (Å²) in [5.74, 6) is -1.71. The van der Waals surface area contributed by atoms with Gasteiger partial charge in [0, 0.05) is 6.04 Å². The Labute approximate surface area is 123 Å². The van der Waals surface area contributed by atoms with Crippen LogP contribution in [0.1, 0.15) is 31.2 Å². The third-order valence-corrected chi connectivity index (χ3v) is 5.81. The molecule has 1 fully saturated rings. The lowest BCUT2D eigenvalue weighted by molar-refractivity contribution is -0.137. The fourth-order valence-electron chi connectivity index (χ4n) is 2.76. The Balaban J connectivity index is 2.43. The average Bonchev–Trinajstić information content (AvgIpc) is 2.88. The molecular formula is C14H18FNO4S. The zero-order chi connectivity index (χ0) is 15.6. The van der Waals surface area contributed by atoms with Crippen molar-refractivity contribution in [1.82, 2.24) is 4.31 Å². The van der Waals surface area contributed by atoms with Crippen molar-refractivity contribution >= 4 is 16.0 Å². The van der Waals surface area contributed by atoms with Gasteiger partial charge in [-0.25, -0.2) is 12.8 Å². The number of halogens is 1. The van der Waals surface area contributed by atoms with Crippen LogP contribution in [0.2, 0.25) is 0 Å². The Bertz CT molecular complexity index is 638. The van der Waals surface area contributed by atoms with Gasteiger partial charge in [-0.1, -0.05) is 12.8 Å². The number of carbonyl (C=O) groups is 1. The molecule has 0 spiro atoms. The molecule has 1 aromatic carbocycles. The average molecular weight is 315 g/mol. The maximum absolute atomic E-state index is 13.1. The molecule has 0 heterocycles. The highest BCUT2D eigenvalue weighted by Gasteiger charge is 2.35. The summed E-state index contributed by atoms with van der Waals surface area (Å²) in [5, 5.41) is 9.00. The molecule has 1 N–H and O–H groups in total. The minimum absolute atomic E-state index is 0.0305. The molecule has 0 unspecified atom stereocenters. The van der Waals surface area contributed by atoms with Gasteiger partial charge in [-0.2, -0.15) is 4.31 Å². The van der Waals surface area contributed by atoms with E-state index < -0.39 is 28.4 Å². The smallest absolute Gasteiger partial charge is 0.318 e. The Hall–Kier alpha value is -1.47. The number of carboxylic acids is 1. The summed E-state index contributed by atoms with van der Waals surface area (Å²) in [4.78, 5) is 11.0. The largest absolute Gasteiger partial charge is 0.480 e. The Morgan fingerprint density at radius 3 is 2.52 bits per heavy atom. The fraction of sp³-hybridized carbons (Fsp3) is 0.500. The highest BCUT2D eigenvalue weighted by Crippen LogP contribution is 2.29. The standard InChI is InChI=1S/C14H18FNO4S/c1-10-8-11(15)6-7-13(10)21(19,20)16(9-14(17)18)12-4-2-3-5-12/h6-8,12H,2-5,9H2,1H3,(H,17,18). The zero-order valence-electron chi connectivity index (χ0n) is 11.8. The summed E-state index contributed by atoms with van der Waals surface area (Å²) in [6, 6.07) is 3.12. The topological polar surface area (TPSA) is 74.7 Å². The van der Waals surface area contributed by atoms with Gasteiger partial charge in [-0.3, -0.25) is 4.79 Å². The molecule has 1 aliphatic carbocycles. The quantitative estimate of drug-likeness (QED) is 0.903. The first-order valence-corrected chi connectivity index (χ1v) is 8.26. The molecule has 0 atom stereocenters. The zero-order valence-corrected chi connectivity index (χ0v) is 12.6. The Morgan fingerprint density at radius 2 is 2.00 bits per heavy atom. The number of nitrogens with zero attached hydrogens (tertiary/aromatic N) is 1. The molecule has 2 rings (SSSR count). The van der Waals surface area contributed by atoms with Crippen LogP contribution in [0.5, 0.6) is 0 Å². The van der Waals surface area contributed by atoms with Gasteiger partial charge in [0.1, 0.15) is 12.4 Å². The SMILES string of the molecule is Cc1cc(F)ccc1S(=O)(=O)N(CC(=O)O)C1CCCC1. The number of sulfonamides is 1. The van der Waals surface area contributed by atoms with E-state index in [1.807, 2.05) is 0 Å². The van der Waals surface area contributed by atoms with Gasteiger partial charge in [-0.15, -0.1) is 0 Å². The van der Waals surface area contributed by atoms with Gasteiger partial charge in [0.25, 0.3) is 0 Å². The molecule has 0 radical (unpaired) electrons. The predicted molar refractivity (Wildman–Crippen MR) is 74.9 cm³/mol. The van der Waals surface area contributed by atoms with E-state index in [1.165, 1.54) is 13.0 Å². The van der Waals surface area contributed by atoms with Gasteiger partial charge < -0.3 is 5.11 Å². The third-order valence-electron chi connectivity index (χ3n) is 3.75. The number of carboxylic acid groups (broad SMARTS) is 1. The van der Waals surface area contributed by atoms with Crippen LogP contribution < -0.4 is 0 Å². The second-order valence-corrected chi connectivity index (χ2v) is 7.15. The number of hydrogen-bond donors (Lipinski definition) is 1. The van der Waals surface area contributed by atoms with Crippen LogP contribution in [0.25, 0.3) is 0 Å². The van der Waals surface area contributed by atoms with Crippen LogP contribution in [-0.2, 0) is 14.8 Å². The van der Waals surface area contributed by atoms with E-state index in [4.69, 9.17) is 5.11 Å². The van der Waals surface area contributed by atoms with Crippen molar-refractivity contribution in [2.24, 2.45) is 0 Å². The Morgan fingerprint density at radius 1 is 1.38 bits per heavy atom. The summed E-state index contributed by atoms with van der Waals surface area (Å²) in [6.45, 7) is 0.938. The summed E-state index contributed by atoms with van der Waals surface area (Å²) in [7, 11) is -3.94. The van der Waals surface area contributed by atoms with Gasteiger partial charge in [0.15, 0.2) is 0 Å². The number of aryl methyl sites for hydroxylation is 1. The number of hydrogen-bond acceptors (Lipinski definition) is 3. The molecule has 1 saturated carbocycles. The lowest BCUT2D eigenvalue weighted by atomic mass is 10.2. The highest BCUT2D eigenvalue weighted by atomic mass is 32.2. The molecule has 1 aromatic rings. The summed E-state index contributed by atoms with van der Waals surface area (Å²) in [5.41, 5.74) is 0.281. The van der Waals surface area contributed by atoms with Crippen molar-refractivity contribution in [2.45, 2.75) is 43.5 Å². The maximum atomic E-state index is 13.1. The van der Waals surface area contributed by atoms with Crippen LogP contribution in [0, 0.1) is 12.7 Å². The van der Waals surface area contributed by atoms with Crippen LogP contribution >= 0.6 is 0 Å². The molecule has 116 valence electrons. The van der Waals surface area contributed by atoms with Crippen LogP contribution in [0.3, 0.4) is 0 Å². The first kappa shape index (κ1) is 15.9. The maximum Gasteiger partial charge on any atom is 0.318 e. The van der Waals surface area contributed by atoms with Crippen molar-refractivity contribution in [3.63, 3.8) is 0 Å². The summed E-state index contributed by atoms with van der Waals surface area (Å²) in [6.07, 6.45) is 3.09. The van der Waals surface area contributed by atoms with Crippen molar-refractivity contribution in [1.29, 1.82) is 0 Å². The van der Waals surface area contributed by atoms with E-state index in [-0.39, 0.29) is 16.5 Å². The molecule has 1 aliphatic rings. The molecular weight excluding hydrogens is 297 g/mol. The molecule has 5 nitrogen and oxygen atoms in total. The first-order chi connectivity index (χ1) is 9.82. The van der Waals surface area contributed by atoms with Gasteiger partial charge in [0.05, 0.1) is 4.90 Å². The normalized spacial score (nSPS) is 16.5. The van der Waals surface area contributed by atoms with Gasteiger partial charge in [-0.05, 0) is 43.5 Å². The molecule has 0 saturated heterocycles. The summed E-state index contributed by atoms with van der Waals surface area (Å²) < 4.78 is 39.6. The molecule has 0 bridgehead atoms. The molecule has 7 heteroatoms. The van der Waals surface area contributed by atoms with Crippen molar-refractivity contribution in [3.8, 4) is 0 Å². The first-order valence-electron chi connectivity index (χ1n) is 6.82. The monoisotopic (exact) mass is 315 g/mol. The lowest BCUT2D eigenvalue weighted by Crippen LogP contribution is -2.42. The second kappa shape index (κ2) is 6.11. The van der Waals surface area contributed by atoms with E-state index in [0.717, 1.165) is 29.3 Å². The van der Waals surface area contributed by atoms with E-state index in [2.05, 4.69) is 0 Å². The fourth-order valence-corrected chi connectivity index (χ4v) is 4.61. The number of aliphatic carboxylic acids is 1. The van der Waals surface area contributed by atoms with Crippen LogP contribution in [-0.4, -0.2) is 36.4 Å². The lowest BCUT2D eigenvalue weighted by Gasteiger charge is -2.27. The van der Waals surface area contributed by atoms with Crippen molar-refractivity contribution in [3.05, 3.63) is 29.6 Å². The molecule has 0 aliphatic heterocycles. The Kier molecular flexibility index (Phi) is 4.63. The molecule has 0 amide bonds. The van der Waals surface area contributed by atoms with E-state index in [9.17, 15) is 17.6 Å². The minimum Gasteiger partial charge on any atom is -0.480 e. The number of rotatable bonds is 5. The van der Waals surface area contributed by atoms with E-state index in [0.29, 0.717) is 12.8 Å². The molecule has 0 aromatic heterocycles. The van der Waals surface area contributed by atoms with Crippen molar-refractivity contribution < 1.29 is 22.7 Å². The van der Waals surface area contributed by atoms with Gasteiger partial charge in [0.2, 0.25) is 10.0 Å². The van der Waals surface area contributed by atoms with Crippen LogP contribution in [0.15, 0.2) is 23.1 Å². The third kappa shape index (κ3) is 3.41. The van der Waals surface area contributed by atoms with E-state index >= 15 is 0 Å². The summed E-state index contributed by atoms with van der Waals surface area (Å²) >= 11 is 0. The van der Waals surface area contributed by atoms with Crippen molar-refractivity contribution in [2.75, 3.05) is 6.54 Å².